The Morgan fingerprint density at radius 2 is 1.56 bits per heavy atom. The average molecular weight is 565 g/mol. The van der Waals surface area contributed by atoms with E-state index in [1.165, 1.54) is 35.1 Å². The summed E-state index contributed by atoms with van der Waals surface area (Å²) in [5.41, 5.74) is 2.68. The number of anilines is 1. The van der Waals surface area contributed by atoms with Gasteiger partial charge in [0, 0.05) is 17.2 Å². The molecule has 1 saturated carbocycles. The number of para-hydroxylation sites is 2. The molecule has 3 aliphatic rings. The van der Waals surface area contributed by atoms with Gasteiger partial charge in [-0.2, -0.15) is 0 Å². The van der Waals surface area contributed by atoms with Gasteiger partial charge in [0.05, 0.1) is 0 Å². The minimum Gasteiger partial charge on any atom is -0.464 e. The molecule has 0 amide bonds. The van der Waals surface area contributed by atoms with E-state index in [-0.39, 0.29) is 25.5 Å². The van der Waals surface area contributed by atoms with Crippen LogP contribution in [-0.2, 0) is 23.6 Å². The summed E-state index contributed by atoms with van der Waals surface area (Å²) >= 11 is -0.556. The molecule has 0 bridgehead atoms. The van der Waals surface area contributed by atoms with Crippen molar-refractivity contribution in [1.82, 2.24) is 0 Å². The third kappa shape index (κ3) is 5.65. The number of nitrogens with zero attached hydrogens (tertiary/aromatic N) is 2. The molecular weight excluding hydrogens is 537 g/mol. The maximum absolute atomic E-state index is 13.7. The minimum atomic E-state index is -0.686. The van der Waals surface area contributed by atoms with Gasteiger partial charge in [-0.05, 0) is 54.1 Å². The standard InChI is InChI=1S/C14H9F2N2.C13H16O.CH3.2ClH.Ti/c15-11-6-3-7-12(16)13(11)18-8-9-4-1-2-5-10(9)14(18)17;1-8-7-11-10-5-3-4-6-12(10)14-13(11)9(8)2;;;;/h1-7H,8H2;3-6,8-9,11,13H,7H2,1-2H3;1H3;2*1H;/q-1;;-1;;;+2/p-2. The van der Waals surface area contributed by atoms with Crippen molar-refractivity contribution in [3.05, 3.63) is 108 Å². The summed E-state index contributed by atoms with van der Waals surface area (Å²) < 4.78 is 33.4. The minimum absolute atomic E-state index is 0. The molecule has 6 rings (SSSR count). The number of fused-ring (bicyclic) bond motifs is 4. The SMILES string of the molecule is CC1CC2c3ccccc3OC2C1C.[CH3-].[Cl][Ti][Cl].[N-]=C1c2ccccc2CN1c1c(F)cccc1F. The molecule has 4 unspecified atom stereocenters. The van der Waals surface area contributed by atoms with Crippen molar-refractivity contribution in [2.24, 2.45) is 11.8 Å². The van der Waals surface area contributed by atoms with Crippen LogP contribution < -0.4 is 9.64 Å². The van der Waals surface area contributed by atoms with E-state index in [1.54, 1.807) is 12.1 Å². The second-order valence-corrected chi connectivity index (χ2v) is 11.6. The van der Waals surface area contributed by atoms with E-state index in [4.69, 9.17) is 23.3 Å². The third-order valence-electron chi connectivity index (χ3n) is 7.07. The molecule has 3 nitrogen and oxygen atoms in total. The Kier molecular flexibility index (Phi) is 9.99. The Balaban J connectivity index is 0.000000180. The number of halogens is 4. The van der Waals surface area contributed by atoms with E-state index in [9.17, 15) is 14.2 Å². The molecule has 0 saturated heterocycles. The van der Waals surface area contributed by atoms with Gasteiger partial charge in [0.1, 0.15) is 23.5 Å². The monoisotopic (exact) mass is 564 g/mol. The van der Waals surface area contributed by atoms with Crippen LogP contribution in [-0.4, -0.2) is 11.9 Å². The van der Waals surface area contributed by atoms with Crippen LogP contribution in [0.4, 0.5) is 14.5 Å². The van der Waals surface area contributed by atoms with Gasteiger partial charge in [0.2, 0.25) is 0 Å². The molecule has 1 fully saturated rings. The first kappa shape index (κ1) is 28.7. The summed E-state index contributed by atoms with van der Waals surface area (Å²) in [6.07, 6.45) is 1.74. The van der Waals surface area contributed by atoms with Crippen molar-refractivity contribution in [2.45, 2.75) is 38.8 Å². The second kappa shape index (κ2) is 12.6. The number of hydrogen-bond acceptors (Lipinski definition) is 1. The molecule has 3 aromatic rings. The molecule has 0 N–H and O–H groups in total. The van der Waals surface area contributed by atoms with Gasteiger partial charge in [-0.25, -0.2) is 8.78 Å². The van der Waals surface area contributed by atoms with E-state index in [2.05, 4.69) is 38.1 Å². The first-order chi connectivity index (χ1) is 16.9. The Morgan fingerprint density at radius 1 is 0.944 bits per heavy atom. The largest absolute Gasteiger partial charge is 0.464 e. The van der Waals surface area contributed by atoms with Gasteiger partial charge in [-0.1, -0.05) is 68.2 Å². The predicted molar refractivity (Wildman–Crippen MR) is 141 cm³/mol. The van der Waals surface area contributed by atoms with Crippen LogP contribution in [0.15, 0.2) is 66.7 Å². The number of hydrogen-bond donors (Lipinski definition) is 0. The van der Waals surface area contributed by atoms with Crippen molar-refractivity contribution in [3.63, 3.8) is 0 Å². The Hall–Kier alpha value is -1.92. The van der Waals surface area contributed by atoms with Gasteiger partial charge in [-0.15, -0.1) is 0 Å². The van der Waals surface area contributed by atoms with E-state index in [1.807, 2.05) is 12.1 Å². The fourth-order valence-electron chi connectivity index (χ4n) is 5.17. The van der Waals surface area contributed by atoms with Crippen LogP contribution in [0.1, 0.15) is 42.9 Å². The molecule has 2 aliphatic heterocycles. The summed E-state index contributed by atoms with van der Waals surface area (Å²) in [6.45, 7) is 4.93. The summed E-state index contributed by atoms with van der Waals surface area (Å²) in [7, 11) is 9.78. The maximum Gasteiger partial charge on any atom is 0.129 e. The maximum atomic E-state index is 13.7. The Bertz CT molecular complexity index is 1190. The zero-order valence-corrected chi connectivity index (χ0v) is 23.5. The fraction of sp³-hybridized carbons (Fsp3) is 0.286. The average Bonchev–Trinajstić information content (AvgIpc) is 3.46. The van der Waals surface area contributed by atoms with E-state index >= 15 is 0 Å². The van der Waals surface area contributed by atoms with Crippen molar-refractivity contribution in [3.8, 4) is 5.75 Å². The zero-order chi connectivity index (χ0) is 25.1. The van der Waals surface area contributed by atoms with Crippen molar-refractivity contribution in [1.29, 1.82) is 0 Å². The summed E-state index contributed by atoms with van der Waals surface area (Å²) in [6, 6.07) is 19.3. The fourth-order valence-corrected chi connectivity index (χ4v) is 5.17. The van der Waals surface area contributed by atoms with Crippen molar-refractivity contribution >= 4 is 30.1 Å². The molecule has 190 valence electrons. The van der Waals surface area contributed by atoms with E-state index in [0.717, 1.165) is 17.2 Å². The van der Waals surface area contributed by atoms with Crippen LogP contribution in [0.2, 0.25) is 0 Å². The van der Waals surface area contributed by atoms with Crippen LogP contribution in [0.5, 0.6) is 5.75 Å². The number of ether oxygens (including phenoxy) is 1. The van der Waals surface area contributed by atoms with Crippen LogP contribution >= 0.6 is 18.6 Å². The van der Waals surface area contributed by atoms with E-state index < -0.39 is 28.7 Å². The molecule has 3 aromatic carbocycles. The molecule has 1 aliphatic carbocycles. The Morgan fingerprint density at radius 3 is 2.22 bits per heavy atom. The number of rotatable bonds is 1. The third-order valence-corrected chi connectivity index (χ3v) is 7.07. The molecule has 0 aromatic heterocycles. The second-order valence-electron chi connectivity index (χ2n) is 9.01. The van der Waals surface area contributed by atoms with Gasteiger partial charge >= 0.3 is 35.6 Å². The number of amidine groups is 1. The molecule has 0 radical (unpaired) electrons. The molecular formula is C28H28Cl2F2N2OTi-2. The van der Waals surface area contributed by atoms with Crippen LogP contribution in [0.3, 0.4) is 0 Å². The van der Waals surface area contributed by atoms with Gasteiger partial charge in [0.15, 0.2) is 0 Å². The van der Waals surface area contributed by atoms with Crippen LogP contribution in [0.25, 0.3) is 5.41 Å². The molecule has 8 heteroatoms. The van der Waals surface area contributed by atoms with Crippen LogP contribution in [0, 0.1) is 30.9 Å². The summed E-state index contributed by atoms with van der Waals surface area (Å²) in [5.74, 6) is 1.81. The van der Waals surface area contributed by atoms with Crippen molar-refractivity contribution in [2.75, 3.05) is 4.90 Å². The van der Waals surface area contributed by atoms with Gasteiger partial charge < -0.3 is 22.5 Å². The number of benzene rings is 3. The normalized spacial score (nSPS) is 22.5. The first-order valence-electron chi connectivity index (χ1n) is 11.4. The summed E-state index contributed by atoms with van der Waals surface area (Å²) in [4.78, 5) is 1.25. The van der Waals surface area contributed by atoms with Gasteiger partial charge in [0.25, 0.3) is 0 Å². The zero-order valence-electron chi connectivity index (χ0n) is 20.4. The molecule has 4 atom stereocenters. The smallest absolute Gasteiger partial charge is 0.129 e. The molecule has 36 heavy (non-hydrogen) atoms. The summed E-state index contributed by atoms with van der Waals surface area (Å²) in [5, 5.41) is 10.1. The quantitative estimate of drug-likeness (QED) is 0.220. The van der Waals surface area contributed by atoms with Crippen molar-refractivity contribution < 1.29 is 30.5 Å². The van der Waals surface area contributed by atoms with E-state index in [0.29, 0.717) is 23.5 Å². The predicted octanol–water partition coefficient (Wildman–Crippen LogP) is 8.33. The van der Waals surface area contributed by atoms with Gasteiger partial charge in [-0.3, -0.25) is 0 Å². The topological polar surface area (TPSA) is 34.8 Å². The molecule has 2 heterocycles. The first-order valence-corrected chi connectivity index (χ1v) is 15.7. The molecule has 0 spiro atoms. The Labute approximate surface area is 229 Å².